The Morgan fingerprint density at radius 3 is 2.72 bits per heavy atom. The number of amides is 2. The molecule has 0 spiro atoms. The number of carbonyl (C=O) groups excluding carboxylic acids is 2. The van der Waals surface area contributed by atoms with Gasteiger partial charge in [-0.25, -0.2) is 4.98 Å². The van der Waals surface area contributed by atoms with Crippen LogP contribution in [0.25, 0.3) is 0 Å². The van der Waals surface area contributed by atoms with E-state index in [1.807, 2.05) is 4.90 Å². The summed E-state index contributed by atoms with van der Waals surface area (Å²) >= 11 is 6.25. The lowest BCUT2D eigenvalue weighted by molar-refractivity contribution is -0.131. The molecule has 0 bridgehead atoms. The predicted octanol–water partition coefficient (Wildman–Crippen LogP) is 1.63. The molecule has 8 heteroatoms. The fourth-order valence-electron chi connectivity index (χ4n) is 3.28. The Balaban J connectivity index is 1.66. The number of rotatable bonds is 4. The Bertz CT molecular complexity index is 661. The molecule has 2 saturated heterocycles. The van der Waals surface area contributed by atoms with Gasteiger partial charge in [0.2, 0.25) is 5.91 Å². The van der Waals surface area contributed by atoms with E-state index >= 15 is 0 Å². The number of halogens is 1. The van der Waals surface area contributed by atoms with Gasteiger partial charge in [-0.2, -0.15) is 0 Å². The topological polar surface area (TPSA) is 74.8 Å². The molecule has 2 amide bonds. The van der Waals surface area contributed by atoms with Crippen molar-refractivity contribution in [2.24, 2.45) is 0 Å². The van der Waals surface area contributed by atoms with E-state index in [-0.39, 0.29) is 23.9 Å². The van der Waals surface area contributed by atoms with Gasteiger partial charge in [0.05, 0.1) is 10.6 Å². The van der Waals surface area contributed by atoms with E-state index in [9.17, 15) is 9.59 Å². The van der Waals surface area contributed by atoms with Crippen molar-refractivity contribution in [2.45, 2.75) is 31.3 Å². The molecule has 1 N–H and O–H groups in total. The quantitative estimate of drug-likeness (QED) is 0.876. The van der Waals surface area contributed by atoms with Crippen LogP contribution in [0.15, 0.2) is 12.3 Å². The lowest BCUT2D eigenvalue weighted by Crippen LogP contribution is -2.43. The Labute approximate surface area is 152 Å². The molecule has 0 saturated carbocycles. The van der Waals surface area contributed by atoms with Crippen molar-refractivity contribution in [3.63, 3.8) is 0 Å². The molecular weight excluding hydrogens is 344 g/mol. The minimum Gasteiger partial charge on any atom is -0.381 e. The molecular formula is C17H23ClN4O3. The third-order valence-corrected chi connectivity index (χ3v) is 4.96. The second-order valence-electron chi connectivity index (χ2n) is 6.61. The van der Waals surface area contributed by atoms with Crippen LogP contribution in [0, 0.1) is 0 Å². The number of aromatic nitrogens is 1. The van der Waals surface area contributed by atoms with Gasteiger partial charge >= 0.3 is 0 Å². The molecule has 2 aliphatic rings. The van der Waals surface area contributed by atoms with Crippen LogP contribution in [0.4, 0.5) is 5.82 Å². The predicted molar refractivity (Wildman–Crippen MR) is 94.8 cm³/mol. The van der Waals surface area contributed by atoms with Gasteiger partial charge in [0.25, 0.3) is 5.91 Å². The highest BCUT2D eigenvalue weighted by Gasteiger charge is 2.36. The molecule has 1 aromatic heterocycles. The summed E-state index contributed by atoms with van der Waals surface area (Å²) in [7, 11) is 3.34. The lowest BCUT2D eigenvalue weighted by atomic mass is 10.1. The summed E-state index contributed by atoms with van der Waals surface area (Å²) in [6.45, 7) is 2.15. The summed E-state index contributed by atoms with van der Waals surface area (Å²) in [6, 6.07) is 1.51. The van der Waals surface area contributed by atoms with Crippen LogP contribution < -0.4 is 5.32 Å². The average Bonchev–Trinajstić information content (AvgIpc) is 2.97. The van der Waals surface area contributed by atoms with Gasteiger partial charge in [-0.05, 0) is 25.3 Å². The van der Waals surface area contributed by atoms with Gasteiger partial charge in [0.1, 0.15) is 11.9 Å². The molecule has 2 fully saturated rings. The highest BCUT2D eigenvalue weighted by atomic mass is 35.5. The van der Waals surface area contributed by atoms with Crippen molar-refractivity contribution in [1.29, 1.82) is 0 Å². The zero-order valence-electron chi connectivity index (χ0n) is 14.5. The number of nitrogens with one attached hydrogen (secondary N) is 1. The molecule has 3 heterocycles. The van der Waals surface area contributed by atoms with Crippen molar-refractivity contribution in [2.75, 3.05) is 39.2 Å². The Morgan fingerprint density at radius 1 is 1.36 bits per heavy atom. The Morgan fingerprint density at radius 2 is 2.08 bits per heavy atom. The van der Waals surface area contributed by atoms with E-state index in [1.165, 1.54) is 11.1 Å². The van der Waals surface area contributed by atoms with E-state index < -0.39 is 0 Å². The van der Waals surface area contributed by atoms with Crippen LogP contribution in [-0.2, 0) is 9.53 Å². The maximum Gasteiger partial charge on any atom is 0.254 e. The molecule has 7 nitrogen and oxygen atoms in total. The Hall–Kier alpha value is -1.86. The van der Waals surface area contributed by atoms with Crippen molar-refractivity contribution in [3.05, 3.63) is 22.8 Å². The van der Waals surface area contributed by atoms with E-state index in [0.29, 0.717) is 36.0 Å². The summed E-state index contributed by atoms with van der Waals surface area (Å²) in [6.07, 6.45) is 3.97. The second kappa shape index (κ2) is 7.58. The molecule has 0 radical (unpaired) electrons. The lowest BCUT2D eigenvalue weighted by Gasteiger charge is -2.31. The zero-order chi connectivity index (χ0) is 18.0. The largest absolute Gasteiger partial charge is 0.381 e. The van der Waals surface area contributed by atoms with Crippen molar-refractivity contribution in [3.8, 4) is 0 Å². The van der Waals surface area contributed by atoms with Gasteiger partial charge in [-0.15, -0.1) is 0 Å². The Kier molecular flexibility index (Phi) is 5.44. The summed E-state index contributed by atoms with van der Waals surface area (Å²) in [5, 5.41) is 3.47. The number of pyridine rings is 1. The number of likely N-dealkylation sites (tertiary alicyclic amines) is 1. The van der Waals surface area contributed by atoms with Gasteiger partial charge < -0.3 is 19.9 Å². The molecule has 2 aliphatic heterocycles. The first kappa shape index (κ1) is 17.9. The first-order valence-corrected chi connectivity index (χ1v) is 8.87. The van der Waals surface area contributed by atoms with Crippen molar-refractivity contribution < 1.29 is 14.3 Å². The third-order valence-electron chi connectivity index (χ3n) is 4.68. The monoisotopic (exact) mass is 366 g/mol. The summed E-state index contributed by atoms with van der Waals surface area (Å²) in [5.41, 5.74) is 0.419. The number of carbonyl (C=O) groups is 2. The summed E-state index contributed by atoms with van der Waals surface area (Å²) in [5.74, 6) is 0.353. The van der Waals surface area contributed by atoms with E-state index in [0.717, 1.165) is 19.4 Å². The highest BCUT2D eigenvalue weighted by molar-refractivity contribution is 6.33. The van der Waals surface area contributed by atoms with E-state index in [4.69, 9.17) is 16.3 Å². The maximum absolute atomic E-state index is 12.7. The molecule has 1 aromatic rings. The van der Waals surface area contributed by atoms with Crippen molar-refractivity contribution >= 4 is 29.2 Å². The average molecular weight is 367 g/mol. The highest BCUT2D eigenvalue weighted by Crippen LogP contribution is 2.26. The van der Waals surface area contributed by atoms with Crippen LogP contribution >= 0.6 is 11.6 Å². The molecule has 0 aromatic carbocycles. The number of nitrogens with zero attached hydrogens (tertiary/aromatic N) is 3. The SMILES string of the molecule is CN(C)C(=O)c1cnc(NC2CCN(C3CCOCC3)C2=O)c(Cl)c1. The fraction of sp³-hybridized carbons (Fsp3) is 0.588. The first-order valence-electron chi connectivity index (χ1n) is 8.49. The molecule has 1 unspecified atom stereocenters. The standard InChI is InChI=1S/C17H23ClN4O3/c1-21(2)16(23)11-9-13(18)15(19-10-11)20-14-3-6-22(17(14)24)12-4-7-25-8-5-12/h9-10,12,14H,3-8H2,1-2H3,(H,19,20). The van der Waals surface area contributed by atoms with E-state index in [2.05, 4.69) is 10.3 Å². The molecule has 3 rings (SSSR count). The van der Waals surface area contributed by atoms with Crippen LogP contribution in [-0.4, -0.2) is 72.5 Å². The van der Waals surface area contributed by atoms with Crippen molar-refractivity contribution in [1.82, 2.24) is 14.8 Å². The minimum atomic E-state index is -0.330. The van der Waals surface area contributed by atoms with Crippen LogP contribution in [0.2, 0.25) is 5.02 Å². The molecule has 1 atom stereocenters. The third kappa shape index (κ3) is 3.88. The van der Waals surface area contributed by atoms with Gasteiger partial charge in [-0.1, -0.05) is 11.6 Å². The fourth-order valence-corrected chi connectivity index (χ4v) is 3.50. The smallest absolute Gasteiger partial charge is 0.254 e. The first-order chi connectivity index (χ1) is 12.0. The van der Waals surface area contributed by atoms with Gasteiger partial charge in [-0.3, -0.25) is 9.59 Å². The van der Waals surface area contributed by atoms with E-state index in [1.54, 1.807) is 20.2 Å². The van der Waals surface area contributed by atoms with Crippen LogP contribution in [0.3, 0.4) is 0 Å². The van der Waals surface area contributed by atoms with Gasteiger partial charge in [0, 0.05) is 46.1 Å². The number of ether oxygens (including phenoxy) is 1. The summed E-state index contributed by atoms with van der Waals surface area (Å²) < 4.78 is 5.37. The van der Waals surface area contributed by atoms with Crippen LogP contribution in [0.1, 0.15) is 29.6 Å². The maximum atomic E-state index is 12.7. The molecule has 25 heavy (non-hydrogen) atoms. The minimum absolute atomic E-state index is 0.0817. The number of hydrogen-bond acceptors (Lipinski definition) is 5. The molecule has 0 aliphatic carbocycles. The summed E-state index contributed by atoms with van der Waals surface area (Å²) in [4.78, 5) is 32.3. The van der Waals surface area contributed by atoms with Gasteiger partial charge in [0.15, 0.2) is 0 Å². The molecule has 136 valence electrons. The number of anilines is 1. The normalized spacial score (nSPS) is 21.5. The van der Waals surface area contributed by atoms with Crippen LogP contribution in [0.5, 0.6) is 0 Å². The zero-order valence-corrected chi connectivity index (χ0v) is 15.3. The number of hydrogen-bond donors (Lipinski definition) is 1. The second-order valence-corrected chi connectivity index (χ2v) is 7.02.